The van der Waals surface area contributed by atoms with Crippen molar-refractivity contribution in [2.45, 2.75) is 53.0 Å². The molecule has 1 aromatic carbocycles. The summed E-state index contributed by atoms with van der Waals surface area (Å²) in [7, 11) is 0. The maximum absolute atomic E-state index is 7.49. The molecule has 0 amide bonds. The van der Waals surface area contributed by atoms with Gasteiger partial charge in [0, 0.05) is 23.8 Å². The summed E-state index contributed by atoms with van der Waals surface area (Å²) < 4.78 is 0. The predicted octanol–water partition coefficient (Wildman–Crippen LogP) is 3.68. The summed E-state index contributed by atoms with van der Waals surface area (Å²) in [6, 6.07) is 6.53. The van der Waals surface area contributed by atoms with Gasteiger partial charge < -0.3 is 10.6 Å². The Hall–Kier alpha value is -1.51. The van der Waals surface area contributed by atoms with Crippen LogP contribution in [0, 0.1) is 12.3 Å². The van der Waals surface area contributed by atoms with Crippen molar-refractivity contribution in [3.05, 3.63) is 29.3 Å². The molecule has 3 N–H and O–H groups in total. The molecule has 0 heterocycles. The fourth-order valence-electron chi connectivity index (χ4n) is 2.33. The number of nitrogen functional groups attached to an aromatic ring is 1. The van der Waals surface area contributed by atoms with E-state index in [0.29, 0.717) is 6.04 Å². The molecule has 0 bridgehead atoms. The molecule has 0 aromatic heterocycles. The van der Waals surface area contributed by atoms with Gasteiger partial charge in [-0.1, -0.05) is 19.8 Å². The molecule has 0 unspecified atom stereocenters. The molecule has 3 nitrogen and oxygen atoms in total. The van der Waals surface area contributed by atoms with Gasteiger partial charge in [0.2, 0.25) is 0 Å². The standard InChI is InChI=1S/C16H27N3/c1-5-6-7-10-19(12(2)3)15-9-8-14(16(17)18)11-13(15)4/h8-9,11-12H,5-7,10H2,1-4H3,(H3,17,18). The number of anilines is 1. The minimum absolute atomic E-state index is 0.136. The highest BCUT2D eigenvalue weighted by Crippen LogP contribution is 2.24. The average Bonchev–Trinajstić information content (AvgIpc) is 2.35. The minimum Gasteiger partial charge on any atom is -0.384 e. The van der Waals surface area contributed by atoms with Gasteiger partial charge in [0.1, 0.15) is 5.84 Å². The van der Waals surface area contributed by atoms with Crippen LogP contribution in [0.2, 0.25) is 0 Å². The second-order valence-corrected chi connectivity index (χ2v) is 5.41. The Labute approximate surface area is 117 Å². The molecule has 0 radical (unpaired) electrons. The number of benzene rings is 1. The maximum atomic E-state index is 7.49. The highest BCUT2D eigenvalue weighted by molar-refractivity contribution is 5.95. The summed E-state index contributed by atoms with van der Waals surface area (Å²) in [5.41, 5.74) is 8.79. The van der Waals surface area contributed by atoms with E-state index in [2.05, 4.69) is 38.7 Å². The first-order valence-electron chi connectivity index (χ1n) is 7.19. The van der Waals surface area contributed by atoms with Crippen molar-refractivity contribution in [1.82, 2.24) is 0 Å². The molecule has 1 aromatic rings. The van der Waals surface area contributed by atoms with Crippen molar-refractivity contribution in [2.24, 2.45) is 5.73 Å². The van der Waals surface area contributed by atoms with Crippen molar-refractivity contribution < 1.29 is 0 Å². The molecule has 0 spiro atoms. The first-order valence-corrected chi connectivity index (χ1v) is 7.19. The fourth-order valence-corrected chi connectivity index (χ4v) is 2.33. The van der Waals surface area contributed by atoms with Crippen molar-refractivity contribution in [3.63, 3.8) is 0 Å². The highest BCUT2D eigenvalue weighted by atomic mass is 15.1. The number of nitrogens with one attached hydrogen (secondary N) is 1. The van der Waals surface area contributed by atoms with E-state index in [1.54, 1.807) is 0 Å². The lowest BCUT2D eigenvalue weighted by molar-refractivity contribution is 0.625. The third-order valence-electron chi connectivity index (χ3n) is 3.44. The lowest BCUT2D eigenvalue weighted by Gasteiger charge is -2.30. The number of nitrogens with two attached hydrogens (primary N) is 1. The summed E-state index contributed by atoms with van der Waals surface area (Å²) in [6.07, 6.45) is 3.74. The van der Waals surface area contributed by atoms with Gasteiger partial charge in [-0.05, 0) is 51.0 Å². The van der Waals surface area contributed by atoms with E-state index < -0.39 is 0 Å². The fraction of sp³-hybridized carbons (Fsp3) is 0.562. The van der Waals surface area contributed by atoms with Crippen molar-refractivity contribution in [2.75, 3.05) is 11.4 Å². The zero-order chi connectivity index (χ0) is 14.4. The Kier molecular flexibility index (Phi) is 5.87. The first kappa shape index (κ1) is 15.5. The smallest absolute Gasteiger partial charge is 0.122 e. The van der Waals surface area contributed by atoms with Crippen LogP contribution in [0.5, 0.6) is 0 Å². The van der Waals surface area contributed by atoms with E-state index in [4.69, 9.17) is 11.1 Å². The number of hydrogen-bond donors (Lipinski definition) is 2. The lowest BCUT2D eigenvalue weighted by Crippen LogP contribution is -2.32. The number of unbranched alkanes of at least 4 members (excludes halogenated alkanes) is 2. The predicted molar refractivity (Wildman–Crippen MR) is 84.2 cm³/mol. The van der Waals surface area contributed by atoms with Crippen LogP contribution in [0.1, 0.15) is 51.2 Å². The van der Waals surface area contributed by atoms with E-state index in [0.717, 1.165) is 12.1 Å². The zero-order valence-electron chi connectivity index (χ0n) is 12.7. The van der Waals surface area contributed by atoms with Gasteiger partial charge in [0.05, 0.1) is 0 Å². The molecule has 0 saturated carbocycles. The van der Waals surface area contributed by atoms with Gasteiger partial charge in [-0.3, -0.25) is 5.41 Å². The van der Waals surface area contributed by atoms with Crippen LogP contribution < -0.4 is 10.6 Å². The molecule has 0 aliphatic rings. The van der Waals surface area contributed by atoms with E-state index in [1.807, 2.05) is 12.1 Å². The lowest BCUT2D eigenvalue weighted by atomic mass is 10.1. The van der Waals surface area contributed by atoms with Crippen LogP contribution in [0.15, 0.2) is 18.2 Å². The normalized spacial score (nSPS) is 10.8. The Morgan fingerprint density at radius 1 is 1.32 bits per heavy atom. The van der Waals surface area contributed by atoms with Crippen LogP contribution in [0.4, 0.5) is 5.69 Å². The van der Waals surface area contributed by atoms with Crippen molar-refractivity contribution in [1.29, 1.82) is 5.41 Å². The number of hydrogen-bond acceptors (Lipinski definition) is 2. The Balaban J connectivity index is 2.93. The van der Waals surface area contributed by atoms with Gasteiger partial charge in [-0.2, -0.15) is 0 Å². The topological polar surface area (TPSA) is 53.1 Å². The van der Waals surface area contributed by atoms with E-state index >= 15 is 0 Å². The Morgan fingerprint density at radius 2 is 2.00 bits per heavy atom. The summed E-state index contributed by atoms with van der Waals surface area (Å²) in [6.45, 7) is 9.86. The molecule has 0 saturated heterocycles. The molecule has 0 aliphatic heterocycles. The summed E-state index contributed by atoms with van der Waals surface area (Å²) >= 11 is 0. The van der Waals surface area contributed by atoms with Crippen molar-refractivity contribution >= 4 is 11.5 Å². The summed E-state index contributed by atoms with van der Waals surface area (Å²) in [5, 5.41) is 7.49. The Bertz CT molecular complexity index is 424. The SMILES string of the molecule is CCCCCN(c1ccc(C(=N)N)cc1C)C(C)C. The molecule has 19 heavy (non-hydrogen) atoms. The van der Waals surface area contributed by atoms with Crippen molar-refractivity contribution in [3.8, 4) is 0 Å². The zero-order valence-corrected chi connectivity index (χ0v) is 12.7. The van der Waals surface area contributed by atoms with Gasteiger partial charge in [0.15, 0.2) is 0 Å². The van der Waals surface area contributed by atoms with Gasteiger partial charge >= 0.3 is 0 Å². The largest absolute Gasteiger partial charge is 0.384 e. The molecule has 3 heteroatoms. The van der Waals surface area contributed by atoms with Gasteiger partial charge in [0.25, 0.3) is 0 Å². The second-order valence-electron chi connectivity index (χ2n) is 5.41. The van der Waals surface area contributed by atoms with Gasteiger partial charge in [-0.25, -0.2) is 0 Å². The van der Waals surface area contributed by atoms with Crippen LogP contribution in [-0.2, 0) is 0 Å². The first-order chi connectivity index (χ1) is 8.97. The number of aryl methyl sites for hydroxylation is 1. The number of nitrogens with zero attached hydrogens (tertiary/aromatic N) is 1. The highest BCUT2D eigenvalue weighted by Gasteiger charge is 2.13. The average molecular weight is 261 g/mol. The molecule has 0 fully saturated rings. The molecule has 1 rings (SSSR count). The molecule has 106 valence electrons. The summed E-state index contributed by atoms with van der Waals surface area (Å²) in [5.74, 6) is 0.136. The minimum atomic E-state index is 0.136. The maximum Gasteiger partial charge on any atom is 0.122 e. The molecule has 0 aliphatic carbocycles. The van der Waals surface area contributed by atoms with Crippen LogP contribution in [-0.4, -0.2) is 18.4 Å². The molecular formula is C16H27N3. The van der Waals surface area contributed by atoms with Gasteiger partial charge in [-0.15, -0.1) is 0 Å². The second kappa shape index (κ2) is 7.17. The molecular weight excluding hydrogens is 234 g/mol. The monoisotopic (exact) mass is 261 g/mol. The van der Waals surface area contributed by atoms with E-state index in [9.17, 15) is 0 Å². The van der Waals surface area contributed by atoms with Crippen LogP contribution >= 0.6 is 0 Å². The number of amidine groups is 1. The third kappa shape index (κ3) is 4.27. The third-order valence-corrected chi connectivity index (χ3v) is 3.44. The number of rotatable bonds is 7. The Morgan fingerprint density at radius 3 is 2.47 bits per heavy atom. The van der Waals surface area contributed by atoms with E-state index in [1.165, 1.54) is 30.5 Å². The van der Waals surface area contributed by atoms with Crippen LogP contribution in [0.25, 0.3) is 0 Å². The molecule has 0 atom stereocenters. The summed E-state index contributed by atoms with van der Waals surface area (Å²) in [4.78, 5) is 2.44. The quantitative estimate of drug-likeness (QED) is 0.447. The van der Waals surface area contributed by atoms with E-state index in [-0.39, 0.29) is 5.84 Å². The van der Waals surface area contributed by atoms with Crippen LogP contribution in [0.3, 0.4) is 0 Å².